The minimum absolute atomic E-state index is 0.222. The molecule has 0 aliphatic rings. The molecule has 0 saturated carbocycles. The fraction of sp³-hybridized carbons (Fsp3) is 0.833. The molecule has 0 radical (unpaired) electrons. The van der Waals surface area contributed by atoms with Crippen LogP contribution in [-0.2, 0) is 4.79 Å². The molecule has 0 bridgehead atoms. The van der Waals surface area contributed by atoms with Gasteiger partial charge in [0.15, 0.2) is 0 Å². The molecule has 0 aromatic carbocycles. The maximum absolute atomic E-state index is 12.3. The summed E-state index contributed by atoms with van der Waals surface area (Å²) in [4.78, 5) is 12.3. The molecular formula is C42H79NO4. The van der Waals surface area contributed by atoms with Crippen LogP contribution in [0, 0.1) is 0 Å². The Morgan fingerprint density at radius 1 is 0.532 bits per heavy atom. The lowest BCUT2D eigenvalue weighted by Gasteiger charge is -2.26. The van der Waals surface area contributed by atoms with E-state index in [-0.39, 0.29) is 5.91 Å². The zero-order valence-corrected chi connectivity index (χ0v) is 31.2. The molecule has 0 aromatic rings. The van der Waals surface area contributed by atoms with Gasteiger partial charge in [-0.3, -0.25) is 4.79 Å². The zero-order chi connectivity index (χ0) is 34.5. The fourth-order valence-corrected chi connectivity index (χ4v) is 6.03. The number of hydrogen-bond donors (Lipinski definition) is 4. The van der Waals surface area contributed by atoms with E-state index in [1.807, 2.05) is 6.08 Å². The second-order valence-corrected chi connectivity index (χ2v) is 13.8. The predicted octanol–water partition coefficient (Wildman–Crippen LogP) is 11.2. The summed E-state index contributed by atoms with van der Waals surface area (Å²) >= 11 is 0. The maximum atomic E-state index is 12.3. The first-order chi connectivity index (χ1) is 23.1. The topological polar surface area (TPSA) is 89.8 Å². The second kappa shape index (κ2) is 37.4. The lowest BCUT2D eigenvalue weighted by atomic mass is 10.0. The lowest BCUT2D eigenvalue weighted by Crippen LogP contribution is -2.50. The maximum Gasteiger partial charge on any atom is 0.220 e. The van der Waals surface area contributed by atoms with Crippen LogP contribution in [0.25, 0.3) is 0 Å². The predicted molar refractivity (Wildman–Crippen MR) is 204 cm³/mol. The molecule has 47 heavy (non-hydrogen) atoms. The van der Waals surface area contributed by atoms with Crippen molar-refractivity contribution < 1.29 is 20.1 Å². The second-order valence-electron chi connectivity index (χ2n) is 13.8. The third-order valence-corrected chi connectivity index (χ3v) is 9.23. The lowest BCUT2D eigenvalue weighted by molar-refractivity contribution is -0.124. The van der Waals surface area contributed by atoms with E-state index < -0.39 is 24.9 Å². The van der Waals surface area contributed by atoms with Crippen molar-refractivity contribution in [3.63, 3.8) is 0 Å². The summed E-state index contributed by atoms with van der Waals surface area (Å²) in [7, 11) is 0. The first kappa shape index (κ1) is 45.6. The normalized spacial score (nSPS) is 14.1. The summed E-state index contributed by atoms with van der Waals surface area (Å²) in [6, 6.07) is -0.855. The Kier molecular flexibility index (Phi) is 36.3. The van der Waals surface area contributed by atoms with Crippen molar-refractivity contribution in [3.05, 3.63) is 36.5 Å². The quantitative estimate of drug-likeness (QED) is 0.0397. The highest BCUT2D eigenvalue weighted by molar-refractivity contribution is 5.76. The highest BCUT2D eigenvalue weighted by Crippen LogP contribution is 2.15. The van der Waals surface area contributed by atoms with Crippen LogP contribution in [0.15, 0.2) is 36.5 Å². The highest BCUT2D eigenvalue weighted by atomic mass is 16.3. The SMILES string of the molecule is CCCCCCCC/C=C\C/C=C\CCC(=O)NC(CO)C(O)C(O)CCC/C=C/CCCCCCCCCCCCCCCCC. The summed E-state index contributed by atoms with van der Waals surface area (Å²) in [6.07, 6.45) is 45.5. The summed E-state index contributed by atoms with van der Waals surface area (Å²) < 4.78 is 0. The minimum atomic E-state index is -1.18. The monoisotopic (exact) mass is 662 g/mol. The van der Waals surface area contributed by atoms with Crippen LogP contribution in [-0.4, -0.2) is 46.1 Å². The molecule has 0 aliphatic heterocycles. The standard InChI is InChI=1S/C42H79NO4/c1-3-5-7-9-11-13-15-17-18-19-20-21-22-23-25-26-28-30-32-34-36-40(45)42(47)39(38-44)43-41(46)37-35-33-31-29-27-24-16-14-12-10-8-6-4-2/h24,27-28,30-31,33,39-40,42,44-45,47H,3-23,25-26,29,32,34-38H2,1-2H3,(H,43,46)/b27-24-,30-28+,33-31-. The molecule has 0 spiro atoms. The van der Waals surface area contributed by atoms with Gasteiger partial charge in [0.2, 0.25) is 5.91 Å². The number of carbonyl (C=O) groups is 1. The van der Waals surface area contributed by atoms with E-state index in [9.17, 15) is 20.1 Å². The summed E-state index contributed by atoms with van der Waals surface area (Å²) in [5.74, 6) is -0.222. The number of amides is 1. The van der Waals surface area contributed by atoms with Gasteiger partial charge >= 0.3 is 0 Å². The van der Waals surface area contributed by atoms with E-state index in [1.54, 1.807) is 0 Å². The first-order valence-electron chi connectivity index (χ1n) is 20.3. The van der Waals surface area contributed by atoms with E-state index in [4.69, 9.17) is 0 Å². The van der Waals surface area contributed by atoms with Crippen molar-refractivity contribution in [1.29, 1.82) is 0 Å². The minimum Gasteiger partial charge on any atom is -0.394 e. The van der Waals surface area contributed by atoms with E-state index in [0.29, 0.717) is 19.3 Å². The first-order valence-corrected chi connectivity index (χ1v) is 20.3. The van der Waals surface area contributed by atoms with Crippen molar-refractivity contribution in [3.8, 4) is 0 Å². The number of unbranched alkanes of at least 4 members (excludes halogenated alkanes) is 22. The number of allylic oxidation sites excluding steroid dienone is 6. The van der Waals surface area contributed by atoms with Gasteiger partial charge in [0.05, 0.1) is 18.8 Å². The van der Waals surface area contributed by atoms with E-state index in [1.165, 1.54) is 135 Å². The van der Waals surface area contributed by atoms with Crippen molar-refractivity contribution in [2.45, 2.75) is 218 Å². The Hall–Kier alpha value is -1.43. The molecule has 0 aromatic heterocycles. The van der Waals surface area contributed by atoms with E-state index in [2.05, 4.69) is 49.5 Å². The smallest absolute Gasteiger partial charge is 0.220 e. The Bertz CT molecular complexity index is 734. The third kappa shape index (κ3) is 32.9. The highest BCUT2D eigenvalue weighted by Gasteiger charge is 2.26. The molecule has 0 saturated heterocycles. The number of aliphatic hydroxyl groups is 3. The van der Waals surface area contributed by atoms with Crippen LogP contribution >= 0.6 is 0 Å². The summed E-state index contributed by atoms with van der Waals surface area (Å²) in [6.45, 7) is 4.12. The Labute approximate surface area is 292 Å². The number of aliphatic hydroxyl groups excluding tert-OH is 3. The molecule has 5 heteroatoms. The van der Waals surface area contributed by atoms with Gasteiger partial charge in [0.1, 0.15) is 6.10 Å². The Balaban J connectivity index is 3.74. The number of carbonyl (C=O) groups excluding carboxylic acids is 1. The molecule has 0 aliphatic carbocycles. The van der Waals surface area contributed by atoms with Crippen LogP contribution in [0.5, 0.6) is 0 Å². The summed E-state index contributed by atoms with van der Waals surface area (Å²) in [5.41, 5.74) is 0. The Morgan fingerprint density at radius 3 is 1.36 bits per heavy atom. The van der Waals surface area contributed by atoms with Gasteiger partial charge in [-0.05, 0) is 57.8 Å². The van der Waals surface area contributed by atoms with Crippen molar-refractivity contribution in [2.24, 2.45) is 0 Å². The van der Waals surface area contributed by atoms with Gasteiger partial charge in [-0.25, -0.2) is 0 Å². The van der Waals surface area contributed by atoms with Crippen LogP contribution in [0.2, 0.25) is 0 Å². The Morgan fingerprint density at radius 2 is 0.915 bits per heavy atom. The summed E-state index contributed by atoms with van der Waals surface area (Å²) in [5, 5.41) is 33.3. The van der Waals surface area contributed by atoms with E-state index >= 15 is 0 Å². The van der Waals surface area contributed by atoms with E-state index in [0.717, 1.165) is 32.1 Å². The molecule has 0 heterocycles. The fourth-order valence-electron chi connectivity index (χ4n) is 6.03. The number of hydrogen-bond acceptors (Lipinski definition) is 4. The average molecular weight is 662 g/mol. The largest absolute Gasteiger partial charge is 0.394 e. The molecular weight excluding hydrogens is 582 g/mol. The van der Waals surface area contributed by atoms with Crippen molar-refractivity contribution in [2.75, 3.05) is 6.61 Å². The van der Waals surface area contributed by atoms with Gasteiger partial charge in [0.25, 0.3) is 0 Å². The number of rotatable bonds is 36. The van der Waals surface area contributed by atoms with Crippen molar-refractivity contribution >= 4 is 5.91 Å². The molecule has 3 atom stereocenters. The van der Waals surface area contributed by atoms with Gasteiger partial charge < -0.3 is 20.6 Å². The number of nitrogens with one attached hydrogen (secondary N) is 1. The zero-order valence-electron chi connectivity index (χ0n) is 31.2. The molecule has 0 rings (SSSR count). The van der Waals surface area contributed by atoms with Gasteiger partial charge in [-0.15, -0.1) is 0 Å². The molecule has 276 valence electrons. The molecule has 3 unspecified atom stereocenters. The van der Waals surface area contributed by atoms with Gasteiger partial charge in [-0.1, -0.05) is 172 Å². The van der Waals surface area contributed by atoms with Gasteiger partial charge in [-0.2, -0.15) is 0 Å². The molecule has 0 fully saturated rings. The van der Waals surface area contributed by atoms with Crippen LogP contribution in [0.3, 0.4) is 0 Å². The third-order valence-electron chi connectivity index (χ3n) is 9.23. The van der Waals surface area contributed by atoms with Gasteiger partial charge in [0, 0.05) is 6.42 Å². The molecule has 1 amide bonds. The van der Waals surface area contributed by atoms with Crippen molar-refractivity contribution in [1.82, 2.24) is 5.32 Å². The average Bonchev–Trinajstić information content (AvgIpc) is 3.07. The van der Waals surface area contributed by atoms with Crippen LogP contribution in [0.4, 0.5) is 0 Å². The van der Waals surface area contributed by atoms with Crippen LogP contribution in [0.1, 0.15) is 200 Å². The van der Waals surface area contributed by atoms with Crippen LogP contribution < -0.4 is 5.32 Å². The molecule has 4 N–H and O–H groups in total. The molecule has 5 nitrogen and oxygen atoms in total.